The molecule has 0 unspecified atom stereocenters. The molecule has 1 aliphatic rings. The average Bonchev–Trinajstić information content (AvgIpc) is 2.37. The average molecular weight is 129 g/mol. The van der Waals surface area contributed by atoms with Gasteiger partial charge in [0.2, 0.25) is 0 Å². The summed E-state index contributed by atoms with van der Waals surface area (Å²) in [5.41, 5.74) is 0. The lowest BCUT2D eigenvalue weighted by Gasteiger charge is -2.03. The lowest BCUT2D eigenvalue weighted by molar-refractivity contribution is -0.148. The Balaban J connectivity index is 2.32. The van der Waals surface area contributed by atoms with Crippen LogP contribution in [0.25, 0.3) is 0 Å². The van der Waals surface area contributed by atoms with Gasteiger partial charge in [0.25, 0.3) is 0 Å². The van der Waals surface area contributed by atoms with Gasteiger partial charge in [-0.15, -0.1) is 0 Å². The zero-order valence-electron chi connectivity index (χ0n) is 5.13. The van der Waals surface area contributed by atoms with Gasteiger partial charge < -0.3 is 9.47 Å². The number of carbonyl (C=O) groups is 1. The molecule has 0 amide bonds. The quantitative estimate of drug-likeness (QED) is 0.483. The van der Waals surface area contributed by atoms with E-state index in [0.29, 0.717) is 6.61 Å². The van der Waals surface area contributed by atoms with Gasteiger partial charge in [-0.25, -0.2) is 4.79 Å². The zero-order chi connectivity index (χ0) is 6.69. The maximum atomic E-state index is 10.6. The second-order valence-corrected chi connectivity index (χ2v) is 1.97. The van der Waals surface area contributed by atoms with Gasteiger partial charge in [-0.05, 0) is 12.8 Å². The van der Waals surface area contributed by atoms with Crippen LogP contribution in [0.3, 0.4) is 0 Å². The molecule has 1 saturated heterocycles. The van der Waals surface area contributed by atoms with E-state index in [9.17, 15) is 4.79 Å². The van der Waals surface area contributed by atoms with E-state index >= 15 is 0 Å². The minimum Gasteiger partial charge on any atom is -0.460 e. The highest BCUT2D eigenvalue weighted by molar-refractivity contribution is 5.74. The van der Waals surface area contributed by atoms with E-state index in [2.05, 4.69) is 11.8 Å². The number of ether oxygens (including phenoxy) is 2. The van der Waals surface area contributed by atoms with E-state index in [1.807, 2.05) is 0 Å². The molecule has 9 heavy (non-hydrogen) atoms. The van der Waals surface area contributed by atoms with E-state index in [1.165, 1.54) is 0 Å². The van der Waals surface area contributed by atoms with Gasteiger partial charge in [0.15, 0.2) is 6.10 Å². The molecule has 0 N–H and O–H groups in total. The Hall–Kier alpha value is -0.570. The minimum atomic E-state index is -0.354. The van der Waals surface area contributed by atoms with Crippen LogP contribution in [0.5, 0.6) is 0 Å². The lowest BCUT2D eigenvalue weighted by atomic mass is 10.2. The van der Waals surface area contributed by atoms with Gasteiger partial charge in [-0.2, -0.15) is 0 Å². The van der Waals surface area contributed by atoms with E-state index in [0.717, 1.165) is 12.8 Å². The predicted octanol–water partition coefficient (Wildman–Crippen LogP) is 0.500. The van der Waals surface area contributed by atoms with Crippen LogP contribution < -0.4 is 0 Å². The van der Waals surface area contributed by atoms with Gasteiger partial charge >= 0.3 is 5.97 Å². The van der Waals surface area contributed by atoms with Gasteiger partial charge in [-0.1, -0.05) is 0 Å². The summed E-state index contributed by atoms with van der Waals surface area (Å²) >= 11 is 0. The molecule has 1 rings (SSSR count). The van der Waals surface area contributed by atoms with Crippen molar-refractivity contribution in [2.24, 2.45) is 0 Å². The van der Waals surface area contributed by atoms with Crippen LogP contribution in [0.4, 0.5) is 0 Å². The summed E-state index contributed by atoms with van der Waals surface area (Å²) in [7, 11) is 3.00. The first kappa shape index (κ1) is 6.55. The normalized spacial score (nSPS) is 26.1. The monoisotopic (exact) mass is 129 g/mol. The molecule has 1 radical (unpaired) electrons. The van der Waals surface area contributed by atoms with E-state index in [1.54, 1.807) is 0 Å². The fourth-order valence-corrected chi connectivity index (χ4v) is 0.856. The number of carbonyl (C=O) groups excluding carboxylic acids is 1. The molecule has 3 heteroatoms. The number of hydrogen-bond donors (Lipinski definition) is 0. The molecule has 1 atom stereocenters. The molecule has 0 aromatic carbocycles. The molecular weight excluding hydrogens is 120 g/mol. The van der Waals surface area contributed by atoms with Crippen LogP contribution in [-0.2, 0) is 14.3 Å². The van der Waals surface area contributed by atoms with E-state index in [4.69, 9.17) is 4.74 Å². The molecule has 51 valence electrons. The standard InChI is InChI=1S/C6H9O3/c1-8-6(7)5-3-2-4-9-5/h5H,1-4H2/t5-/m1/s1. The largest absolute Gasteiger partial charge is 0.460 e. The van der Waals surface area contributed by atoms with Crippen molar-refractivity contribution in [2.45, 2.75) is 18.9 Å². The lowest BCUT2D eigenvalue weighted by Crippen LogP contribution is -2.19. The van der Waals surface area contributed by atoms with Crippen molar-refractivity contribution < 1.29 is 14.3 Å². The third-order valence-electron chi connectivity index (χ3n) is 1.33. The van der Waals surface area contributed by atoms with Crippen LogP contribution in [0.15, 0.2) is 0 Å². The summed E-state index contributed by atoms with van der Waals surface area (Å²) in [6.45, 7) is 0.666. The van der Waals surface area contributed by atoms with Crippen LogP contribution in [-0.4, -0.2) is 18.7 Å². The maximum Gasteiger partial charge on any atom is 0.335 e. The molecular formula is C6H9O3. The Morgan fingerprint density at radius 3 is 3.00 bits per heavy atom. The molecule has 0 aromatic heterocycles. The Morgan fingerprint density at radius 2 is 2.56 bits per heavy atom. The Bertz CT molecular complexity index is 105. The fraction of sp³-hybridized carbons (Fsp3) is 0.667. The first-order valence-corrected chi connectivity index (χ1v) is 2.92. The predicted molar refractivity (Wildman–Crippen MR) is 30.4 cm³/mol. The topological polar surface area (TPSA) is 35.5 Å². The molecule has 1 aliphatic heterocycles. The van der Waals surface area contributed by atoms with Crippen molar-refractivity contribution in [3.8, 4) is 0 Å². The molecule has 1 heterocycles. The van der Waals surface area contributed by atoms with Crippen LogP contribution in [0.2, 0.25) is 0 Å². The summed E-state index contributed by atoms with van der Waals surface area (Å²) in [5, 5.41) is 0. The highest BCUT2D eigenvalue weighted by Crippen LogP contribution is 2.12. The minimum absolute atomic E-state index is 0.345. The van der Waals surface area contributed by atoms with Crippen molar-refractivity contribution in [1.82, 2.24) is 0 Å². The first-order valence-electron chi connectivity index (χ1n) is 2.92. The summed E-state index contributed by atoms with van der Waals surface area (Å²) in [6, 6.07) is 0. The third-order valence-corrected chi connectivity index (χ3v) is 1.33. The van der Waals surface area contributed by atoms with Crippen LogP contribution >= 0.6 is 0 Å². The van der Waals surface area contributed by atoms with Crippen LogP contribution in [0, 0.1) is 7.11 Å². The third kappa shape index (κ3) is 1.42. The summed E-state index contributed by atoms with van der Waals surface area (Å²) in [5.74, 6) is -0.354. The van der Waals surface area contributed by atoms with Crippen molar-refractivity contribution in [1.29, 1.82) is 0 Å². The summed E-state index contributed by atoms with van der Waals surface area (Å²) in [4.78, 5) is 10.6. The second-order valence-electron chi connectivity index (χ2n) is 1.97. The van der Waals surface area contributed by atoms with Gasteiger partial charge in [0.1, 0.15) is 7.11 Å². The van der Waals surface area contributed by atoms with Gasteiger partial charge in [0, 0.05) is 6.61 Å². The maximum absolute atomic E-state index is 10.6. The smallest absolute Gasteiger partial charge is 0.335 e. The Kier molecular flexibility index (Phi) is 2.05. The van der Waals surface area contributed by atoms with Gasteiger partial charge in [0.05, 0.1) is 0 Å². The van der Waals surface area contributed by atoms with E-state index in [-0.39, 0.29) is 12.1 Å². The van der Waals surface area contributed by atoms with Crippen LogP contribution in [0.1, 0.15) is 12.8 Å². The van der Waals surface area contributed by atoms with Crippen molar-refractivity contribution in [3.05, 3.63) is 7.11 Å². The first-order chi connectivity index (χ1) is 4.34. The summed E-state index contributed by atoms with van der Waals surface area (Å²) < 4.78 is 9.21. The summed E-state index contributed by atoms with van der Waals surface area (Å²) in [6.07, 6.45) is 1.37. The molecule has 0 aliphatic carbocycles. The fourth-order valence-electron chi connectivity index (χ4n) is 0.856. The zero-order valence-corrected chi connectivity index (χ0v) is 5.13. The highest BCUT2D eigenvalue weighted by Gasteiger charge is 2.23. The highest BCUT2D eigenvalue weighted by atomic mass is 16.6. The molecule has 0 aromatic rings. The number of rotatable bonds is 1. The van der Waals surface area contributed by atoms with Gasteiger partial charge in [-0.3, -0.25) is 0 Å². The Labute approximate surface area is 53.9 Å². The molecule has 0 saturated carbocycles. The Morgan fingerprint density at radius 1 is 1.78 bits per heavy atom. The molecule has 0 spiro atoms. The molecule has 0 bridgehead atoms. The molecule has 1 fully saturated rings. The van der Waals surface area contributed by atoms with E-state index < -0.39 is 0 Å². The number of esters is 1. The van der Waals surface area contributed by atoms with Crippen molar-refractivity contribution in [3.63, 3.8) is 0 Å². The SMILES string of the molecule is [CH2]OC(=O)[C@H]1CCCO1. The van der Waals surface area contributed by atoms with Crippen molar-refractivity contribution in [2.75, 3.05) is 6.61 Å². The van der Waals surface area contributed by atoms with Crippen molar-refractivity contribution >= 4 is 5.97 Å². The molecule has 3 nitrogen and oxygen atoms in total. The second kappa shape index (κ2) is 2.82. The number of hydrogen-bond acceptors (Lipinski definition) is 3.